The molecule has 202 valence electrons. The molecule has 0 atom stereocenters. The third-order valence-electron chi connectivity index (χ3n) is 7.34. The number of hydrogen-bond acceptors (Lipinski definition) is 7. The molecule has 0 unspecified atom stereocenters. The molecule has 0 radical (unpaired) electrons. The average Bonchev–Trinajstić information content (AvgIpc) is 3.57. The van der Waals surface area contributed by atoms with Crippen LogP contribution in [-0.4, -0.2) is 50.2 Å². The van der Waals surface area contributed by atoms with E-state index in [1.807, 2.05) is 18.2 Å². The standard InChI is InChI=1S/C28H27Cl2N5O4/c1-34-23(28(36)37)13-22(32-34)17-7-8-24(31-14-17)35-11-9-18(10-12-35)38-15-19-26(33-39-27(19)16-5-6-16)25-20(29)3-2-4-21(25)30/h2-4,7-8,13-14,16,18H,5-6,9-12,15H2,1H3,(H,36,37). The molecule has 9 nitrogen and oxygen atoms in total. The predicted molar refractivity (Wildman–Crippen MR) is 147 cm³/mol. The van der Waals surface area contributed by atoms with Crippen molar-refractivity contribution in [3.05, 3.63) is 69.7 Å². The summed E-state index contributed by atoms with van der Waals surface area (Å²) < 4.78 is 13.5. The summed E-state index contributed by atoms with van der Waals surface area (Å²) in [5.41, 5.74) is 3.77. The van der Waals surface area contributed by atoms with Crippen LogP contribution in [0.5, 0.6) is 0 Å². The molecular weight excluding hydrogens is 541 g/mol. The highest BCUT2D eigenvalue weighted by Crippen LogP contribution is 2.46. The van der Waals surface area contributed by atoms with Gasteiger partial charge in [0.05, 0.1) is 28.5 Å². The number of carboxylic acid groups (broad SMARTS) is 1. The summed E-state index contributed by atoms with van der Waals surface area (Å²) in [6, 6.07) is 10.8. The maximum absolute atomic E-state index is 11.3. The first-order valence-electron chi connectivity index (χ1n) is 12.9. The van der Waals surface area contributed by atoms with Crippen molar-refractivity contribution in [1.82, 2.24) is 19.9 Å². The van der Waals surface area contributed by atoms with Crippen LogP contribution in [-0.2, 0) is 18.4 Å². The first kappa shape index (κ1) is 25.9. The van der Waals surface area contributed by atoms with Crippen LogP contribution >= 0.6 is 23.2 Å². The molecule has 3 aromatic heterocycles. The molecule has 39 heavy (non-hydrogen) atoms. The van der Waals surface area contributed by atoms with Crippen LogP contribution in [0.1, 0.15) is 53.4 Å². The summed E-state index contributed by atoms with van der Waals surface area (Å²) in [5, 5.41) is 19.0. The molecule has 1 saturated heterocycles. The normalized spacial score (nSPS) is 16.1. The number of halogens is 2. The van der Waals surface area contributed by atoms with Crippen LogP contribution in [0.3, 0.4) is 0 Å². The number of ether oxygens (including phenoxy) is 1. The molecule has 2 fully saturated rings. The fourth-order valence-electron chi connectivity index (χ4n) is 5.03. The van der Waals surface area contributed by atoms with E-state index in [-0.39, 0.29) is 11.8 Å². The maximum atomic E-state index is 11.3. The summed E-state index contributed by atoms with van der Waals surface area (Å²) >= 11 is 13.0. The fraction of sp³-hybridized carbons (Fsp3) is 0.357. The Bertz CT molecular complexity index is 1480. The van der Waals surface area contributed by atoms with E-state index in [2.05, 4.69) is 20.1 Å². The Balaban J connectivity index is 1.10. The molecule has 2 aliphatic rings. The van der Waals surface area contributed by atoms with Gasteiger partial charge in [0.1, 0.15) is 23.0 Å². The Hall–Kier alpha value is -3.40. The van der Waals surface area contributed by atoms with Gasteiger partial charge in [-0.15, -0.1) is 0 Å². The number of aryl methyl sites for hydroxylation is 1. The first-order chi connectivity index (χ1) is 18.9. The molecule has 6 rings (SSSR count). The lowest BCUT2D eigenvalue weighted by atomic mass is 10.0. The first-order valence-corrected chi connectivity index (χ1v) is 13.7. The Morgan fingerprint density at radius 1 is 1.13 bits per heavy atom. The number of pyridine rings is 1. The second-order valence-corrected chi connectivity index (χ2v) is 10.8. The highest BCUT2D eigenvalue weighted by atomic mass is 35.5. The summed E-state index contributed by atoms with van der Waals surface area (Å²) in [6.45, 7) is 2.02. The van der Waals surface area contributed by atoms with Crippen molar-refractivity contribution < 1.29 is 19.2 Å². The topological polar surface area (TPSA) is 107 Å². The van der Waals surface area contributed by atoms with Crippen molar-refractivity contribution in [2.24, 2.45) is 7.05 Å². The van der Waals surface area contributed by atoms with E-state index in [4.69, 9.17) is 32.5 Å². The van der Waals surface area contributed by atoms with Gasteiger partial charge >= 0.3 is 5.97 Å². The van der Waals surface area contributed by atoms with Gasteiger partial charge in [0.2, 0.25) is 0 Å². The molecule has 1 aliphatic carbocycles. The lowest BCUT2D eigenvalue weighted by Crippen LogP contribution is -2.37. The zero-order valence-electron chi connectivity index (χ0n) is 21.3. The zero-order valence-corrected chi connectivity index (χ0v) is 22.8. The zero-order chi connectivity index (χ0) is 27.1. The second kappa shape index (κ2) is 10.6. The molecular formula is C28H27Cl2N5O4. The molecule has 1 aliphatic heterocycles. The van der Waals surface area contributed by atoms with Gasteiger partial charge < -0.3 is 19.3 Å². The molecule has 1 saturated carbocycles. The van der Waals surface area contributed by atoms with Crippen LogP contribution < -0.4 is 4.90 Å². The second-order valence-electron chi connectivity index (χ2n) is 9.99. The Labute approximate surface area is 235 Å². The number of anilines is 1. The van der Waals surface area contributed by atoms with Crippen LogP contribution in [0.4, 0.5) is 5.82 Å². The van der Waals surface area contributed by atoms with Gasteiger partial charge in [0, 0.05) is 48.9 Å². The van der Waals surface area contributed by atoms with Gasteiger partial charge in [-0.05, 0) is 56.0 Å². The molecule has 4 aromatic rings. The number of benzene rings is 1. The lowest BCUT2D eigenvalue weighted by Gasteiger charge is -2.32. The lowest BCUT2D eigenvalue weighted by molar-refractivity contribution is 0.0245. The largest absolute Gasteiger partial charge is 0.477 e. The number of aromatic nitrogens is 4. The van der Waals surface area contributed by atoms with Crippen LogP contribution in [0, 0.1) is 0 Å². The van der Waals surface area contributed by atoms with E-state index in [0.29, 0.717) is 39.5 Å². The number of rotatable bonds is 8. The van der Waals surface area contributed by atoms with Crippen molar-refractivity contribution in [3.63, 3.8) is 0 Å². The number of piperidine rings is 1. The fourth-order valence-corrected chi connectivity index (χ4v) is 5.61. The third kappa shape index (κ3) is 5.26. The Kier molecular flexibility index (Phi) is 7.05. The van der Waals surface area contributed by atoms with Crippen molar-refractivity contribution in [3.8, 4) is 22.5 Å². The maximum Gasteiger partial charge on any atom is 0.354 e. The molecule has 1 N–H and O–H groups in total. The number of hydrogen-bond donors (Lipinski definition) is 1. The van der Waals surface area contributed by atoms with E-state index in [1.165, 1.54) is 4.68 Å². The van der Waals surface area contributed by atoms with Gasteiger partial charge in [0.25, 0.3) is 0 Å². The summed E-state index contributed by atoms with van der Waals surface area (Å²) in [4.78, 5) is 18.2. The minimum Gasteiger partial charge on any atom is -0.477 e. The van der Waals surface area contributed by atoms with Crippen LogP contribution in [0.2, 0.25) is 10.0 Å². The predicted octanol–water partition coefficient (Wildman–Crippen LogP) is 6.21. The van der Waals surface area contributed by atoms with Crippen LogP contribution in [0.25, 0.3) is 22.5 Å². The van der Waals surface area contributed by atoms with Crippen molar-refractivity contribution in [1.29, 1.82) is 0 Å². The van der Waals surface area contributed by atoms with E-state index < -0.39 is 5.97 Å². The van der Waals surface area contributed by atoms with Gasteiger partial charge in [-0.2, -0.15) is 5.10 Å². The molecule has 0 amide bonds. The van der Waals surface area contributed by atoms with E-state index in [9.17, 15) is 9.90 Å². The van der Waals surface area contributed by atoms with E-state index >= 15 is 0 Å². The summed E-state index contributed by atoms with van der Waals surface area (Å²) in [5.74, 6) is 1.12. The highest BCUT2D eigenvalue weighted by Gasteiger charge is 2.34. The number of nitrogens with zero attached hydrogens (tertiary/aromatic N) is 5. The molecule has 0 spiro atoms. The molecule has 4 heterocycles. The van der Waals surface area contributed by atoms with Gasteiger partial charge in [-0.1, -0.05) is 34.4 Å². The average molecular weight is 568 g/mol. The van der Waals surface area contributed by atoms with Crippen molar-refractivity contribution >= 4 is 35.0 Å². The molecule has 0 bridgehead atoms. The molecule has 11 heteroatoms. The van der Waals surface area contributed by atoms with E-state index in [1.54, 1.807) is 31.4 Å². The minimum atomic E-state index is -1.01. The van der Waals surface area contributed by atoms with Crippen molar-refractivity contribution in [2.45, 2.75) is 44.3 Å². The third-order valence-corrected chi connectivity index (χ3v) is 7.97. The molecule has 1 aromatic carbocycles. The van der Waals surface area contributed by atoms with E-state index in [0.717, 1.165) is 61.5 Å². The van der Waals surface area contributed by atoms with Crippen LogP contribution in [0.15, 0.2) is 47.1 Å². The summed E-state index contributed by atoms with van der Waals surface area (Å²) in [7, 11) is 1.61. The van der Waals surface area contributed by atoms with Gasteiger partial charge in [-0.25, -0.2) is 9.78 Å². The Morgan fingerprint density at radius 3 is 2.49 bits per heavy atom. The van der Waals surface area contributed by atoms with Gasteiger partial charge in [0.15, 0.2) is 0 Å². The SMILES string of the molecule is Cn1nc(-c2ccc(N3CCC(OCc4c(-c5c(Cl)cccc5Cl)noc4C4CC4)CC3)nc2)cc1C(=O)O. The quantitative estimate of drug-likeness (QED) is 0.268. The minimum absolute atomic E-state index is 0.0972. The van der Waals surface area contributed by atoms with Gasteiger partial charge in [-0.3, -0.25) is 4.68 Å². The van der Waals surface area contributed by atoms with Crippen molar-refractivity contribution in [2.75, 3.05) is 18.0 Å². The summed E-state index contributed by atoms with van der Waals surface area (Å²) in [6.07, 6.45) is 5.72. The highest BCUT2D eigenvalue weighted by molar-refractivity contribution is 6.39. The monoisotopic (exact) mass is 567 g/mol. The number of carbonyl (C=O) groups is 1. The number of carboxylic acids is 1. The Morgan fingerprint density at radius 2 is 1.87 bits per heavy atom. The smallest absolute Gasteiger partial charge is 0.354 e. The number of aromatic carboxylic acids is 1.